The van der Waals surface area contributed by atoms with Gasteiger partial charge >= 0.3 is 5.97 Å². The third kappa shape index (κ3) is 2.86. The van der Waals surface area contributed by atoms with Crippen molar-refractivity contribution in [1.82, 2.24) is 9.78 Å². The Hall–Kier alpha value is -3.06. The Kier molecular flexibility index (Phi) is 4.81. The first-order valence-electron chi connectivity index (χ1n) is 7.99. The molecule has 0 aliphatic carbocycles. The zero-order chi connectivity index (χ0) is 18.8. The van der Waals surface area contributed by atoms with Crippen molar-refractivity contribution < 1.29 is 14.3 Å². The summed E-state index contributed by atoms with van der Waals surface area (Å²) in [4.78, 5) is 23.5. The second-order valence-electron chi connectivity index (χ2n) is 5.18. The highest BCUT2D eigenvalue weighted by Crippen LogP contribution is 2.32. The minimum Gasteiger partial charge on any atom is -0.478 e. The van der Waals surface area contributed by atoms with E-state index in [1.165, 1.54) is 35.0 Å². The summed E-state index contributed by atoms with van der Waals surface area (Å²) in [6, 6.07) is 10.5. The van der Waals surface area contributed by atoms with Crippen LogP contribution in [0.5, 0.6) is 0 Å². The summed E-state index contributed by atoms with van der Waals surface area (Å²) in [5.74, 6) is -1.40. The number of carboxylic acids is 1. The molecule has 2 aromatic carbocycles. The van der Waals surface area contributed by atoms with E-state index in [-0.39, 0.29) is 16.9 Å². The van der Waals surface area contributed by atoms with Crippen molar-refractivity contribution in [2.75, 3.05) is 0 Å². The molecular weight excluding hydrogens is 355 g/mol. The molecule has 2 aromatic rings. The third-order valence-corrected chi connectivity index (χ3v) is 4.76. The van der Waals surface area contributed by atoms with E-state index in [4.69, 9.17) is 5.11 Å². The maximum atomic E-state index is 13.9. The molecule has 7 heteroatoms. The zero-order valence-corrected chi connectivity index (χ0v) is 14.9. The number of carboxylic acid groups (broad SMARTS) is 1. The summed E-state index contributed by atoms with van der Waals surface area (Å²) < 4.78 is 15.5. The molecule has 26 heavy (non-hydrogen) atoms. The number of benzene rings is 2. The van der Waals surface area contributed by atoms with E-state index in [1.807, 2.05) is 13.8 Å². The van der Waals surface area contributed by atoms with E-state index in [9.17, 15) is 14.0 Å². The van der Waals surface area contributed by atoms with E-state index < -0.39 is 5.97 Å². The Balaban J connectivity index is 0.000000948. The molecule has 0 unspecified atom stereocenters. The van der Waals surface area contributed by atoms with Crippen LogP contribution in [0.15, 0.2) is 52.6 Å². The fraction of sp³-hybridized carbons (Fsp3) is 0.105. The number of carbonyl (C=O) groups is 1. The highest BCUT2D eigenvalue weighted by atomic mass is 32.1. The number of fused-ring (bicyclic) bond motifs is 3. The van der Waals surface area contributed by atoms with Gasteiger partial charge in [-0.05, 0) is 30.3 Å². The lowest BCUT2D eigenvalue weighted by Gasteiger charge is -2.01. The van der Waals surface area contributed by atoms with E-state index >= 15 is 0 Å². The van der Waals surface area contributed by atoms with Crippen LogP contribution in [0.25, 0.3) is 27.0 Å². The Morgan fingerprint density at radius 2 is 1.85 bits per heavy atom. The van der Waals surface area contributed by atoms with Crippen molar-refractivity contribution in [2.24, 2.45) is 0 Å². The normalized spacial score (nSPS) is 10.6. The number of rotatable bonds is 2. The summed E-state index contributed by atoms with van der Waals surface area (Å²) in [6.07, 6.45) is 0. The second-order valence-corrected chi connectivity index (χ2v) is 6.06. The first kappa shape index (κ1) is 17.8. The lowest BCUT2D eigenvalue weighted by Crippen LogP contribution is -2.14. The van der Waals surface area contributed by atoms with E-state index in [0.717, 1.165) is 11.3 Å². The molecule has 2 aliphatic rings. The summed E-state index contributed by atoms with van der Waals surface area (Å²) in [7, 11) is 0. The fourth-order valence-electron chi connectivity index (χ4n) is 2.57. The number of halogens is 1. The smallest absolute Gasteiger partial charge is 0.335 e. The van der Waals surface area contributed by atoms with Crippen molar-refractivity contribution in [3.8, 4) is 16.9 Å². The molecule has 2 aliphatic heterocycles. The van der Waals surface area contributed by atoms with Gasteiger partial charge in [-0.15, -0.1) is 11.3 Å². The van der Waals surface area contributed by atoms with Gasteiger partial charge in [0, 0.05) is 10.8 Å². The van der Waals surface area contributed by atoms with Crippen LogP contribution < -0.4 is 5.56 Å². The molecule has 0 amide bonds. The molecular formula is C19H15FN2O3S. The predicted molar refractivity (Wildman–Crippen MR) is 100 cm³/mol. The first-order chi connectivity index (χ1) is 12.6. The van der Waals surface area contributed by atoms with Gasteiger partial charge in [0.2, 0.25) is 0 Å². The Labute approximate surface area is 152 Å². The second kappa shape index (κ2) is 7.05. The molecule has 0 spiro atoms. The van der Waals surface area contributed by atoms with Crippen LogP contribution in [0.2, 0.25) is 0 Å². The maximum absolute atomic E-state index is 13.9. The van der Waals surface area contributed by atoms with Crippen molar-refractivity contribution in [2.45, 2.75) is 13.8 Å². The average molecular weight is 370 g/mol. The third-order valence-electron chi connectivity index (χ3n) is 3.75. The van der Waals surface area contributed by atoms with Gasteiger partial charge < -0.3 is 5.11 Å². The molecule has 0 saturated heterocycles. The quantitative estimate of drug-likeness (QED) is 0.567. The Bertz CT molecular complexity index is 1120. The van der Waals surface area contributed by atoms with Crippen LogP contribution >= 0.6 is 11.3 Å². The zero-order valence-electron chi connectivity index (χ0n) is 14.1. The van der Waals surface area contributed by atoms with Crippen molar-refractivity contribution in [3.05, 3.63) is 69.6 Å². The van der Waals surface area contributed by atoms with Gasteiger partial charge in [-0.3, -0.25) is 4.79 Å². The first-order valence-corrected chi connectivity index (χ1v) is 8.87. The van der Waals surface area contributed by atoms with E-state index in [0.29, 0.717) is 27.0 Å². The van der Waals surface area contributed by atoms with Crippen LogP contribution in [0.4, 0.5) is 4.39 Å². The van der Waals surface area contributed by atoms with Crippen LogP contribution in [0, 0.1) is 5.82 Å². The van der Waals surface area contributed by atoms with Crippen LogP contribution in [-0.2, 0) is 0 Å². The molecule has 0 fully saturated rings. The highest BCUT2D eigenvalue weighted by Gasteiger charge is 2.20. The average Bonchev–Trinajstić information content (AvgIpc) is 3.01. The molecule has 1 N–H and O–H groups in total. The van der Waals surface area contributed by atoms with Crippen molar-refractivity contribution in [3.63, 3.8) is 0 Å². The maximum Gasteiger partial charge on any atom is 0.335 e. The SMILES string of the molecule is CC.O=C(O)c1ccc(-n2nc3c4cccc(F)c4scc-3c2=O)cc1. The molecule has 0 aromatic heterocycles. The number of hydrogen-bond donors (Lipinski definition) is 1. The number of hydrogen-bond acceptors (Lipinski definition) is 4. The van der Waals surface area contributed by atoms with Gasteiger partial charge in [0.15, 0.2) is 0 Å². The molecule has 0 atom stereocenters. The van der Waals surface area contributed by atoms with Crippen molar-refractivity contribution in [1.29, 1.82) is 0 Å². The largest absolute Gasteiger partial charge is 0.478 e. The highest BCUT2D eigenvalue weighted by molar-refractivity contribution is 7.17. The number of nitrogens with zero attached hydrogens (tertiary/aromatic N) is 2. The minimum absolute atomic E-state index is 0.123. The summed E-state index contributed by atoms with van der Waals surface area (Å²) in [6.45, 7) is 4.00. The van der Waals surface area contributed by atoms with Gasteiger partial charge in [-0.1, -0.05) is 26.0 Å². The lowest BCUT2D eigenvalue weighted by atomic mass is 10.1. The lowest BCUT2D eigenvalue weighted by molar-refractivity contribution is 0.0697. The summed E-state index contributed by atoms with van der Waals surface area (Å²) in [5, 5.41) is 15.4. The van der Waals surface area contributed by atoms with E-state index in [2.05, 4.69) is 5.10 Å². The van der Waals surface area contributed by atoms with Crippen LogP contribution in [-0.4, -0.2) is 20.9 Å². The monoisotopic (exact) mass is 370 g/mol. The summed E-state index contributed by atoms with van der Waals surface area (Å²) >= 11 is 1.16. The molecule has 5 nitrogen and oxygen atoms in total. The minimum atomic E-state index is -1.04. The topological polar surface area (TPSA) is 72.2 Å². The van der Waals surface area contributed by atoms with Gasteiger partial charge in [-0.25, -0.2) is 9.18 Å². The molecule has 0 saturated carbocycles. The fourth-order valence-corrected chi connectivity index (χ4v) is 3.49. The van der Waals surface area contributed by atoms with Gasteiger partial charge in [0.25, 0.3) is 5.56 Å². The van der Waals surface area contributed by atoms with Crippen molar-refractivity contribution >= 4 is 27.4 Å². The Morgan fingerprint density at radius 1 is 1.15 bits per heavy atom. The van der Waals surface area contributed by atoms with Crippen LogP contribution in [0.3, 0.4) is 0 Å². The molecule has 2 heterocycles. The number of aromatic nitrogens is 2. The summed E-state index contributed by atoms with van der Waals surface area (Å²) in [5.41, 5.74) is 1.08. The number of aromatic carboxylic acids is 1. The van der Waals surface area contributed by atoms with Crippen LogP contribution in [0.1, 0.15) is 24.2 Å². The van der Waals surface area contributed by atoms with Gasteiger partial charge in [-0.2, -0.15) is 9.78 Å². The molecule has 0 radical (unpaired) electrons. The molecule has 132 valence electrons. The van der Waals surface area contributed by atoms with E-state index in [1.54, 1.807) is 17.5 Å². The Morgan fingerprint density at radius 3 is 2.50 bits per heavy atom. The van der Waals surface area contributed by atoms with Gasteiger partial charge in [0.05, 0.1) is 21.5 Å². The molecule has 4 rings (SSSR count). The molecule has 0 bridgehead atoms. The predicted octanol–water partition coefficient (Wildman–Crippen LogP) is 4.42. The standard InChI is InChI=1S/C17H9FN2O3S.C2H6/c18-13-3-1-2-11-14-12(8-24-15(11)13)16(21)20(19-14)10-6-4-9(5-7-10)17(22)23;1-2/h1-8H,(H,22,23);1-2H3. The van der Waals surface area contributed by atoms with Gasteiger partial charge in [0.1, 0.15) is 11.5 Å².